The first-order valence-corrected chi connectivity index (χ1v) is 17.2. The molecule has 0 aliphatic heterocycles. The van der Waals surface area contributed by atoms with Crippen molar-refractivity contribution in [2.75, 3.05) is 192 Å². The molecule has 0 amide bonds. The van der Waals surface area contributed by atoms with E-state index in [0.717, 1.165) is 0 Å². The summed E-state index contributed by atoms with van der Waals surface area (Å²) in [6.45, 7) is 14.3. The molecule has 0 saturated carbocycles. The number of hydrogen-bond acceptors (Lipinski definition) is 17. The zero-order valence-corrected chi connectivity index (χ0v) is 30.4. The van der Waals surface area contributed by atoms with Crippen LogP contribution in [-0.4, -0.2) is 203 Å². The highest BCUT2D eigenvalue weighted by Crippen LogP contribution is 1.96. The lowest BCUT2D eigenvalue weighted by Gasteiger charge is -2.09. The smallest absolute Gasteiger partial charge is 0.336 e. The number of ether oxygens (including phenoxy) is 15. The first-order chi connectivity index (χ1) is 24.7. The molecule has 0 spiro atoms. The van der Waals surface area contributed by atoms with Gasteiger partial charge in [0.2, 0.25) is 0 Å². The minimum absolute atomic E-state index is 0.0203. The summed E-state index contributed by atoms with van der Waals surface area (Å²) >= 11 is 0. The molecular formula is C33H64O17. The molecule has 50 heavy (non-hydrogen) atoms. The topological polar surface area (TPSA) is 176 Å². The van der Waals surface area contributed by atoms with E-state index in [0.29, 0.717) is 184 Å². The maximum Gasteiger partial charge on any atom is 0.336 e. The van der Waals surface area contributed by atoms with Gasteiger partial charge in [-0.05, 0) is 6.92 Å². The van der Waals surface area contributed by atoms with Crippen molar-refractivity contribution in [3.05, 3.63) is 11.8 Å². The summed E-state index contributed by atoms with van der Waals surface area (Å²) in [6.07, 6.45) is 1.36. The predicted molar refractivity (Wildman–Crippen MR) is 179 cm³/mol. The maximum atomic E-state index is 11.2. The van der Waals surface area contributed by atoms with Crippen LogP contribution in [0.4, 0.5) is 0 Å². The third-order valence-corrected chi connectivity index (χ3v) is 5.81. The Morgan fingerprint density at radius 1 is 0.380 bits per heavy atom. The number of carbonyl (C=O) groups is 1. The third-order valence-electron chi connectivity index (χ3n) is 5.81. The first-order valence-electron chi connectivity index (χ1n) is 17.2. The number of methoxy groups -OCH3 is 1. The second-order valence-corrected chi connectivity index (χ2v) is 9.85. The highest BCUT2D eigenvalue weighted by molar-refractivity contribution is 5.87. The average molecular weight is 733 g/mol. The molecule has 0 atom stereocenters. The fourth-order valence-corrected chi connectivity index (χ4v) is 3.31. The van der Waals surface area contributed by atoms with Gasteiger partial charge in [-0.25, -0.2) is 4.79 Å². The fraction of sp³-hybridized carbons (Fsp3) is 0.909. The molecule has 0 fully saturated rings. The van der Waals surface area contributed by atoms with Gasteiger partial charge in [0.25, 0.3) is 0 Å². The van der Waals surface area contributed by atoms with E-state index in [1.54, 1.807) is 6.92 Å². The minimum atomic E-state index is -0.423. The van der Waals surface area contributed by atoms with Crippen molar-refractivity contribution in [3.8, 4) is 0 Å². The Bertz CT molecular complexity index is 701. The minimum Gasteiger partial charge on any atom is -0.498 e. The van der Waals surface area contributed by atoms with Crippen LogP contribution >= 0.6 is 0 Å². The molecule has 0 aromatic heterocycles. The maximum absolute atomic E-state index is 11.2. The van der Waals surface area contributed by atoms with Crippen LogP contribution in [0.15, 0.2) is 11.8 Å². The van der Waals surface area contributed by atoms with Gasteiger partial charge in [0.15, 0.2) is 0 Å². The summed E-state index contributed by atoms with van der Waals surface area (Å²) in [6, 6.07) is 0. The van der Waals surface area contributed by atoms with Crippen LogP contribution in [0.1, 0.15) is 6.92 Å². The largest absolute Gasteiger partial charge is 0.498 e. The van der Waals surface area contributed by atoms with E-state index in [9.17, 15) is 4.79 Å². The van der Waals surface area contributed by atoms with Gasteiger partial charge in [-0.15, -0.1) is 0 Å². The molecule has 17 heteroatoms. The summed E-state index contributed by atoms with van der Waals surface area (Å²) < 4.78 is 80.1. The molecule has 0 unspecified atom stereocenters. The van der Waals surface area contributed by atoms with Crippen molar-refractivity contribution in [1.29, 1.82) is 0 Å². The molecule has 0 heterocycles. The SMILES string of the molecule is COC(=O)C(C)=COCCOCCOCCOCCOCCOCCOCCOCCOCCOCCOCCOCCOCCOCCO. The Labute approximate surface area is 297 Å². The van der Waals surface area contributed by atoms with Crippen LogP contribution < -0.4 is 0 Å². The van der Waals surface area contributed by atoms with Crippen molar-refractivity contribution in [1.82, 2.24) is 0 Å². The number of esters is 1. The van der Waals surface area contributed by atoms with Gasteiger partial charge >= 0.3 is 5.97 Å². The Hall–Kier alpha value is -1.55. The standard InChI is InChI=1S/C33H64O17/c1-32(33(35)36-2)31-50-30-29-49-28-27-48-26-25-47-24-23-46-22-21-45-20-19-44-18-17-43-16-15-42-14-13-41-12-11-40-10-9-39-8-7-38-6-5-37-4-3-34/h31,34H,3-30H2,1-2H3. The van der Waals surface area contributed by atoms with E-state index in [1.807, 2.05) is 0 Å². The molecule has 0 radical (unpaired) electrons. The molecule has 0 aromatic rings. The van der Waals surface area contributed by atoms with Crippen molar-refractivity contribution < 1.29 is 81.0 Å². The molecule has 0 aliphatic rings. The second kappa shape index (κ2) is 43.6. The summed E-state index contributed by atoms with van der Waals surface area (Å²) in [5.74, 6) is -0.423. The quantitative estimate of drug-likeness (QED) is 0.0392. The number of carbonyl (C=O) groups excluding carboxylic acids is 1. The number of aliphatic hydroxyl groups excluding tert-OH is 1. The van der Waals surface area contributed by atoms with E-state index >= 15 is 0 Å². The van der Waals surface area contributed by atoms with Crippen LogP contribution in [0.2, 0.25) is 0 Å². The van der Waals surface area contributed by atoms with Crippen LogP contribution in [0.5, 0.6) is 0 Å². The van der Waals surface area contributed by atoms with E-state index in [-0.39, 0.29) is 6.61 Å². The zero-order valence-electron chi connectivity index (χ0n) is 30.4. The number of rotatable bonds is 43. The van der Waals surface area contributed by atoms with Crippen LogP contribution in [0, 0.1) is 0 Å². The van der Waals surface area contributed by atoms with Gasteiger partial charge in [0.05, 0.1) is 197 Å². The number of hydrogen-bond donors (Lipinski definition) is 1. The average Bonchev–Trinajstić information content (AvgIpc) is 3.13. The van der Waals surface area contributed by atoms with Gasteiger partial charge in [-0.3, -0.25) is 0 Å². The van der Waals surface area contributed by atoms with Crippen molar-refractivity contribution in [2.24, 2.45) is 0 Å². The Morgan fingerprint density at radius 3 is 0.780 bits per heavy atom. The second-order valence-electron chi connectivity index (χ2n) is 9.85. The lowest BCUT2D eigenvalue weighted by Crippen LogP contribution is -2.15. The van der Waals surface area contributed by atoms with Crippen molar-refractivity contribution in [2.45, 2.75) is 6.92 Å². The zero-order chi connectivity index (χ0) is 36.3. The Morgan fingerprint density at radius 2 is 0.580 bits per heavy atom. The Balaban J connectivity index is 3.09. The van der Waals surface area contributed by atoms with Gasteiger partial charge in [-0.2, -0.15) is 0 Å². The fourth-order valence-electron chi connectivity index (χ4n) is 3.31. The van der Waals surface area contributed by atoms with Gasteiger partial charge in [-0.1, -0.05) is 0 Å². The van der Waals surface area contributed by atoms with E-state index < -0.39 is 5.97 Å². The molecule has 0 aromatic carbocycles. The van der Waals surface area contributed by atoms with Crippen LogP contribution in [-0.2, 0) is 75.8 Å². The highest BCUT2D eigenvalue weighted by Gasteiger charge is 2.02. The van der Waals surface area contributed by atoms with Crippen molar-refractivity contribution >= 4 is 5.97 Å². The number of aliphatic hydroxyl groups is 1. The molecule has 0 bridgehead atoms. The summed E-state index contributed by atoms with van der Waals surface area (Å²) in [7, 11) is 1.32. The van der Waals surface area contributed by atoms with Gasteiger partial charge in [0, 0.05) is 0 Å². The lowest BCUT2D eigenvalue weighted by atomic mass is 10.3. The monoisotopic (exact) mass is 732 g/mol. The van der Waals surface area contributed by atoms with Gasteiger partial charge < -0.3 is 76.2 Å². The van der Waals surface area contributed by atoms with Crippen LogP contribution in [0.25, 0.3) is 0 Å². The predicted octanol–water partition coefficient (Wildman–Crippen LogP) is 0.288. The van der Waals surface area contributed by atoms with Crippen molar-refractivity contribution in [3.63, 3.8) is 0 Å². The third kappa shape index (κ3) is 40.9. The van der Waals surface area contributed by atoms with Gasteiger partial charge in [0.1, 0.15) is 6.61 Å². The molecule has 1 N–H and O–H groups in total. The van der Waals surface area contributed by atoms with E-state index in [4.69, 9.17) is 71.4 Å². The summed E-state index contributed by atoms with van der Waals surface area (Å²) in [4.78, 5) is 11.2. The Kier molecular flexibility index (Phi) is 42.3. The molecule has 17 nitrogen and oxygen atoms in total. The van der Waals surface area contributed by atoms with E-state index in [1.165, 1.54) is 13.4 Å². The molecular weight excluding hydrogens is 668 g/mol. The summed E-state index contributed by atoms with van der Waals surface area (Å²) in [5, 5.41) is 8.58. The molecule has 0 saturated heterocycles. The van der Waals surface area contributed by atoms with Crippen LogP contribution in [0.3, 0.4) is 0 Å². The highest BCUT2D eigenvalue weighted by atomic mass is 16.6. The molecule has 298 valence electrons. The molecule has 0 aliphatic carbocycles. The normalized spacial score (nSPS) is 11.8. The first kappa shape index (κ1) is 48.5. The summed E-state index contributed by atoms with van der Waals surface area (Å²) in [5.41, 5.74) is 0.393. The lowest BCUT2D eigenvalue weighted by molar-refractivity contribution is -0.136. The molecule has 0 rings (SSSR count). The van der Waals surface area contributed by atoms with E-state index in [2.05, 4.69) is 4.74 Å².